The molecule has 3 rings (SSSR count). The molecule has 0 atom stereocenters. The first-order valence-corrected chi connectivity index (χ1v) is 7.71. The second-order valence-electron chi connectivity index (χ2n) is 6.05. The summed E-state index contributed by atoms with van der Waals surface area (Å²) in [7, 11) is 1.98. The fourth-order valence-corrected chi connectivity index (χ4v) is 3.34. The summed E-state index contributed by atoms with van der Waals surface area (Å²) >= 11 is 0. The Balaban J connectivity index is 1.43. The molecule has 0 N–H and O–H groups in total. The Hall–Kier alpha value is -1.36. The number of amides is 1. The number of aryl methyl sites for hydroxylation is 1. The van der Waals surface area contributed by atoms with Crippen LogP contribution in [0.2, 0.25) is 0 Å². The van der Waals surface area contributed by atoms with Crippen molar-refractivity contribution in [2.24, 2.45) is 7.05 Å². The maximum atomic E-state index is 11.6. The third-order valence-corrected chi connectivity index (χ3v) is 4.64. The van der Waals surface area contributed by atoms with Crippen molar-refractivity contribution < 1.29 is 4.79 Å². The van der Waals surface area contributed by atoms with Crippen LogP contribution in [0.15, 0.2) is 12.4 Å². The van der Waals surface area contributed by atoms with Crippen molar-refractivity contribution in [2.45, 2.75) is 31.6 Å². The molecule has 1 aromatic heterocycles. The first-order valence-electron chi connectivity index (χ1n) is 7.71. The SMILES string of the molecule is Cn1cc(C2CCN(CCN3CCCC3=O)CC2)cn1. The van der Waals surface area contributed by atoms with Gasteiger partial charge in [-0.15, -0.1) is 0 Å². The molecule has 3 heterocycles. The van der Waals surface area contributed by atoms with Gasteiger partial charge in [0.25, 0.3) is 0 Å². The standard InChI is InChI=1S/C15H24N4O/c1-17-12-14(11-16-17)13-4-7-18(8-5-13)9-10-19-6-2-3-15(19)20/h11-13H,2-10H2,1H3. The fourth-order valence-electron chi connectivity index (χ4n) is 3.34. The lowest BCUT2D eigenvalue weighted by atomic mass is 9.91. The van der Waals surface area contributed by atoms with E-state index in [9.17, 15) is 4.79 Å². The molecule has 2 aliphatic heterocycles. The monoisotopic (exact) mass is 276 g/mol. The molecule has 0 saturated carbocycles. The molecule has 0 radical (unpaired) electrons. The zero-order valence-electron chi connectivity index (χ0n) is 12.3. The van der Waals surface area contributed by atoms with Crippen LogP contribution in [-0.4, -0.2) is 58.2 Å². The minimum Gasteiger partial charge on any atom is -0.341 e. The van der Waals surface area contributed by atoms with Gasteiger partial charge in [-0.1, -0.05) is 0 Å². The smallest absolute Gasteiger partial charge is 0.222 e. The second-order valence-corrected chi connectivity index (χ2v) is 6.05. The molecule has 0 unspecified atom stereocenters. The summed E-state index contributed by atoms with van der Waals surface area (Å²) in [4.78, 5) is 16.1. The van der Waals surface area contributed by atoms with Gasteiger partial charge in [-0.25, -0.2) is 0 Å². The predicted octanol–water partition coefficient (Wildman–Crippen LogP) is 1.22. The van der Waals surface area contributed by atoms with Crippen LogP contribution in [0.3, 0.4) is 0 Å². The van der Waals surface area contributed by atoms with Crippen LogP contribution in [-0.2, 0) is 11.8 Å². The van der Waals surface area contributed by atoms with E-state index in [-0.39, 0.29) is 0 Å². The molecule has 0 spiro atoms. The number of rotatable bonds is 4. The Morgan fingerprint density at radius 1 is 1.25 bits per heavy atom. The van der Waals surface area contributed by atoms with E-state index in [2.05, 4.69) is 16.2 Å². The van der Waals surface area contributed by atoms with E-state index in [0.29, 0.717) is 11.8 Å². The number of nitrogens with zero attached hydrogens (tertiary/aromatic N) is 4. The van der Waals surface area contributed by atoms with Gasteiger partial charge in [-0.3, -0.25) is 9.48 Å². The number of aromatic nitrogens is 2. The summed E-state index contributed by atoms with van der Waals surface area (Å²) in [6, 6.07) is 0. The summed E-state index contributed by atoms with van der Waals surface area (Å²) < 4.78 is 1.89. The van der Waals surface area contributed by atoms with Crippen molar-refractivity contribution in [3.05, 3.63) is 18.0 Å². The van der Waals surface area contributed by atoms with E-state index in [1.165, 1.54) is 18.4 Å². The summed E-state index contributed by atoms with van der Waals surface area (Å²) in [6.45, 7) is 5.19. The maximum absolute atomic E-state index is 11.6. The maximum Gasteiger partial charge on any atom is 0.222 e. The van der Waals surface area contributed by atoms with Gasteiger partial charge in [-0.2, -0.15) is 5.10 Å². The van der Waals surface area contributed by atoms with Crippen molar-refractivity contribution in [1.82, 2.24) is 19.6 Å². The second kappa shape index (κ2) is 5.95. The molecule has 2 fully saturated rings. The largest absolute Gasteiger partial charge is 0.341 e. The molecular formula is C15H24N4O. The first kappa shape index (κ1) is 13.6. The topological polar surface area (TPSA) is 41.4 Å². The van der Waals surface area contributed by atoms with E-state index in [1.54, 1.807) is 0 Å². The molecule has 20 heavy (non-hydrogen) atoms. The van der Waals surface area contributed by atoms with Crippen molar-refractivity contribution in [3.8, 4) is 0 Å². The third-order valence-electron chi connectivity index (χ3n) is 4.64. The van der Waals surface area contributed by atoms with Crippen molar-refractivity contribution in [2.75, 3.05) is 32.7 Å². The molecule has 1 aromatic rings. The van der Waals surface area contributed by atoms with Gasteiger partial charge in [0.15, 0.2) is 0 Å². The Morgan fingerprint density at radius 3 is 2.65 bits per heavy atom. The highest BCUT2D eigenvalue weighted by Crippen LogP contribution is 2.27. The lowest BCUT2D eigenvalue weighted by Crippen LogP contribution is -2.39. The van der Waals surface area contributed by atoms with Crippen LogP contribution in [0.25, 0.3) is 0 Å². The number of hydrogen-bond donors (Lipinski definition) is 0. The van der Waals surface area contributed by atoms with Crippen molar-refractivity contribution in [3.63, 3.8) is 0 Å². The third kappa shape index (κ3) is 3.03. The summed E-state index contributed by atoms with van der Waals surface area (Å²) in [5.41, 5.74) is 1.38. The normalized spacial score (nSPS) is 21.9. The van der Waals surface area contributed by atoms with E-state index in [1.807, 2.05) is 22.8 Å². The Kier molecular flexibility index (Phi) is 4.05. The van der Waals surface area contributed by atoms with Gasteiger partial charge in [0.2, 0.25) is 5.91 Å². The van der Waals surface area contributed by atoms with Gasteiger partial charge >= 0.3 is 0 Å². The molecule has 2 aliphatic rings. The van der Waals surface area contributed by atoms with Crippen molar-refractivity contribution in [1.29, 1.82) is 0 Å². The lowest BCUT2D eigenvalue weighted by molar-refractivity contribution is -0.127. The van der Waals surface area contributed by atoms with E-state index < -0.39 is 0 Å². The number of hydrogen-bond acceptors (Lipinski definition) is 3. The number of carbonyl (C=O) groups excluding carboxylic acids is 1. The molecule has 5 nitrogen and oxygen atoms in total. The molecule has 2 saturated heterocycles. The molecule has 0 aromatic carbocycles. The first-order chi connectivity index (χ1) is 9.72. The molecule has 0 aliphatic carbocycles. The van der Waals surface area contributed by atoms with E-state index in [0.717, 1.165) is 45.6 Å². The van der Waals surface area contributed by atoms with Crippen molar-refractivity contribution >= 4 is 5.91 Å². The fraction of sp³-hybridized carbons (Fsp3) is 0.733. The molecule has 1 amide bonds. The van der Waals surface area contributed by atoms with Crippen LogP contribution in [0.1, 0.15) is 37.2 Å². The van der Waals surface area contributed by atoms with Gasteiger partial charge in [-0.05, 0) is 43.8 Å². The van der Waals surface area contributed by atoms with Crippen LogP contribution >= 0.6 is 0 Å². The predicted molar refractivity (Wildman–Crippen MR) is 77.4 cm³/mol. The number of carbonyl (C=O) groups is 1. The molecule has 0 bridgehead atoms. The average Bonchev–Trinajstić information content (AvgIpc) is 3.06. The Morgan fingerprint density at radius 2 is 2.05 bits per heavy atom. The molecule has 110 valence electrons. The highest BCUT2D eigenvalue weighted by Gasteiger charge is 2.24. The average molecular weight is 276 g/mol. The van der Waals surface area contributed by atoms with Crippen LogP contribution in [0.4, 0.5) is 0 Å². The van der Waals surface area contributed by atoms with Gasteiger partial charge < -0.3 is 9.80 Å². The van der Waals surface area contributed by atoms with Crippen LogP contribution in [0, 0.1) is 0 Å². The summed E-state index contributed by atoms with van der Waals surface area (Å²) in [6.07, 6.45) is 8.36. The highest BCUT2D eigenvalue weighted by atomic mass is 16.2. The summed E-state index contributed by atoms with van der Waals surface area (Å²) in [5.74, 6) is 1.00. The Bertz CT molecular complexity index is 462. The summed E-state index contributed by atoms with van der Waals surface area (Å²) in [5, 5.41) is 4.27. The zero-order valence-corrected chi connectivity index (χ0v) is 12.3. The van der Waals surface area contributed by atoms with Gasteiger partial charge in [0.05, 0.1) is 6.20 Å². The molecule has 5 heteroatoms. The van der Waals surface area contributed by atoms with Gasteiger partial charge in [0.1, 0.15) is 0 Å². The Labute approximate surface area is 120 Å². The number of likely N-dealkylation sites (tertiary alicyclic amines) is 2. The number of piperidine rings is 1. The quantitative estimate of drug-likeness (QED) is 0.830. The van der Waals surface area contributed by atoms with Gasteiger partial charge in [0, 0.05) is 39.3 Å². The highest BCUT2D eigenvalue weighted by molar-refractivity contribution is 5.78. The van der Waals surface area contributed by atoms with E-state index in [4.69, 9.17) is 0 Å². The zero-order chi connectivity index (χ0) is 13.9. The van der Waals surface area contributed by atoms with Crippen LogP contribution in [0.5, 0.6) is 0 Å². The van der Waals surface area contributed by atoms with Crippen LogP contribution < -0.4 is 0 Å². The van der Waals surface area contributed by atoms with E-state index >= 15 is 0 Å². The minimum atomic E-state index is 0.343. The molecular weight excluding hydrogens is 252 g/mol. The minimum absolute atomic E-state index is 0.343. The lowest BCUT2D eigenvalue weighted by Gasteiger charge is -2.32.